The van der Waals surface area contributed by atoms with Crippen molar-refractivity contribution in [3.8, 4) is 11.5 Å². The van der Waals surface area contributed by atoms with Gasteiger partial charge in [0.15, 0.2) is 11.5 Å². The van der Waals surface area contributed by atoms with Crippen molar-refractivity contribution in [1.29, 1.82) is 0 Å². The maximum atomic E-state index is 13.0. The molecule has 0 atom stereocenters. The maximum absolute atomic E-state index is 13.0. The summed E-state index contributed by atoms with van der Waals surface area (Å²) in [5.41, 5.74) is 1.97. The van der Waals surface area contributed by atoms with Gasteiger partial charge in [0.1, 0.15) is 6.61 Å². The molecular weight excluding hydrogens is 564 g/mol. The molecule has 0 unspecified atom stereocenters. The summed E-state index contributed by atoms with van der Waals surface area (Å²) in [7, 11) is 0. The summed E-state index contributed by atoms with van der Waals surface area (Å²) in [6.45, 7) is 2.48. The van der Waals surface area contributed by atoms with Crippen LogP contribution in [0.3, 0.4) is 0 Å². The Bertz CT molecular complexity index is 1340. The molecule has 0 aromatic heterocycles. The molecule has 0 spiro atoms. The molecule has 0 radical (unpaired) electrons. The first-order valence-corrected chi connectivity index (χ1v) is 13.1. The highest BCUT2D eigenvalue weighted by Crippen LogP contribution is 2.37. The van der Waals surface area contributed by atoms with E-state index in [0.717, 1.165) is 22.2 Å². The van der Waals surface area contributed by atoms with Gasteiger partial charge in [0, 0.05) is 31.2 Å². The molecule has 10 heteroatoms. The van der Waals surface area contributed by atoms with Gasteiger partial charge in [-0.15, -0.1) is 0 Å². The highest BCUT2D eigenvalue weighted by Gasteiger charge is 2.35. The SMILES string of the molecule is CCOc1cc(/C=C2/SC(=O)N(Cc3c(Cl)cccc3Cl)C2=O)ccc1OCc1ccc(Cl)cc1Cl. The number of thioether (sulfide) groups is 1. The number of nitrogens with zero attached hydrogens (tertiary/aromatic N) is 1. The first-order valence-electron chi connectivity index (χ1n) is 10.8. The summed E-state index contributed by atoms with van der Waals surface area (Å²) < 4.78 is 11.7. The number of carbonyl (C=O) groups is 2. The zero-order valence-corrected chi connectivity index (χ0v) is 22.7. The van der Waals surface area contributed by atoms with Gasteiger partial charge in [-0.1, -0.05) is 64.6 Å². The third-order valence-electron chi connectivity index (χ3n) is 5.22. The molecule has 5 nitrogen and oxygen atoms in total. The Morgan fingerprint density at radius 1 is 0.889 bits per heavy atom. The van der Waals surface area contributed by atoms with E-state index in [9.17, 15) is 9.59 Å². The van der Waals surface area contributed by atoms with Crippen molar-refractivity contribution in [2.45, 2.75) is 20.1 Å². The van der Waals surface area contributed by atoms with Crippen molar-refractivity contribution >= 4 is 75.4 Å². The van der Waals surface area contributed by atoms with Crippen molar-refractivity contribution in [3.05, 3.63) is 96.3 Å². The van der Waals surface area contributed by atoms with Crippen molar-refractivity contribution in [1.82, 2.24) is 4.90 Å². The number of benzene rings is 3. The van der Waals surface area contributed by atoms with E-state index >= 15 is 0 Å². The van der Waals surface area contributed by atoms with Crippen molar-refractivity contribution in [2.75, 3.05) is 6.61 Å². The lowest BCUT2D eigenvalue weighted by atomic mass is 10.1. The monoisotopic (exact) mass is 581 g/mol. The highest BCUT2D eigenvalue weighted by atomic mass is 35.5. The van der Waals surface area contributed by atoms with Crippen LogP contribution in [0.15, 0.2) is 59.5 Å². The normalized spacial score (nSPS) is 14.6. The average molecular weight is 583 g/mol. The second-order valence-corrected chi connectivity index (χ2v) is 10.3. The third kappa shape index (κ3) is 6.13. The summed E-state index contributed by atoms with van der Waals surface area (Å²) in [6, 6.07) is 15.5. The number of ether oxygens (including phenoxy) is 2. The molecule has 36 heavy (non-hydrogen) atoms. The molecule has 1 aliphatic heterocycles. The molecule has 0 saturated carbocycles. The minimum absolute atomic E-state index is 0.00918. The molecule has 0 aliphatic carbocycles. The molecule has 1 fully saturated rings. The predicted molar refractivity (Wildman–Crippen MR) is 146 cm³/mol. The summed E-state index contributed by atoms with van der Waals surface area (Å²) >= 11 is 25.5. The lowest BCUT2D eigenvalue weighted by Gasteiger charge is -2.15. The van der Waals surface area contributed by atoms with Crippen LogP contribution >= 0.6 is 58.2 Å². The topological polar surface area (TPSA) is 55.8 Å². The number of hydrogen-bond acceptors (Lipinski definition) is 5. The van der Waals surface area contributed by atoms with Gasteiger partial charge in [-0.05, 0) is 66.7 Å². The van der Waals surface area contributed by atoms with E-state index < -0.39 is 11.1 Å². The Hall–Kier alpha value is -2.35. The molecule has 0 N–H and O–H groups in total. The Kier molecular flexibility index (Phi) is 8.75. The smallest absolute Gasteiger partial charge is 0.293 e. The molecule has 1 heterocycles. The average Bonchev–Trinajstić information content (AvgIpc) is 3.09. The standard InChI is InChI=1S/C26H19Cl4NO4S/c1-2-34-23-10-15(6-9-22(23)35-14-16-7-8-17(27)12-21(16)30)11-24-25(32)31(26(33)36-24)13-18-19(28)4-3-5-20(18)29/h3-12H,2,13-14H2,1H3/b24-11+. The van der Waals surface area contributed by atoms with Crippen LogP contribution in [0.2, 0.25) is 20.1 Å². The quantitative estimate of drug-likeness (QED) is 0.249. The van der Waals surface area contributed by atoms with E-state index in [4.69, 9.17) is 55.9 Å². The molecular formula is C26H19Cl4NO4S. The van der Waals surface area contributed by atoms with E-state index in [2.05, 4.69) is 0 Å². The Balaban J connectivity index is 1.53. The number of carbonyl (C=O) groups excluding carboxylic acids is 2. The fourth-order valence-corrected chi connectivity index (χ4v) is 5.24. The molecule has 1 aliphatic rings. The predicted octanol–water partition coefficient (Wildman–Crippen LogP) is 8.51. The van der Waals surface area contributed by atoms with Crippen LogP contribution in [0.4, 0.5) is 4.79 Å². The molecule has 2 amide bonds. The first-order chi connectivity index (χ1) is 17.3. The summed E-state index contributed by atoms with van der Waals surface area (Å²) in [4.78, 5) is 27.0. The lowest BCUT2D eigenvalue weighted by Crippen LogP contribution is -2.27. The van der Waals surface area contributed by atoms with E-state index in [0.29, 0.717) is 49.3 Å². The lowest BCUT2D eigenvalue weighted by molar-refractivity contribution is -0.123. The molecule has 3 aromatic rings. The second-order valence-electron chi connectivity index (χ2n) is 7.63. The fraction of sp³-hybridized carbons (Fsp3) is 0.154. The van der Waals surface area contributed by atoms with Crippen molar-refractivity contribution in [3.63, 3.8) is 0 Å². The Labute approximate surface area is 232 Å². The van der Waals surface area contributed by atoms with Crippen LogP contribution in [0, 0.1) is 0 Å². The first kappa shape index (κ1) is 26.7. The zero-order valence-electron chi connectivity index (χ0n) is 18.9. The fourth-order valence-electron chi connectivity index (χ4n) is 3.43. The molecule has 1 saturated heterocycles. The minimum atomic E-state index is -0.420. The van der Waals surface area contributed by atoms with Gasteiger partial charge in [0.2, 0.25) is 0 Å². The molecule has 186 valence electrons. The Morgan fingerprint density at radius 3 is 2.33 bits per heavy atom. The van der Waals surface area contributed by atoms with E-state index in [1.165, 1.54) is 0 Å². The zero-order chi connectivity index (χ0) is 25.8. The van der Waals surface area contributed by atoms with Gasteiger partial charge < -0.3 is 9.47 Å². The van der Waals surface area contributed by atoms with Gasteiger partial charge >= 0.3 is 0 Å². The van der Waals surface area contributed by atoms with Crippen LogP contribution in [-0.2, 0) is 17.9 Å². The van der Waals surface area contributed by atoms with Gasteiger partial charge in [-0.25, -0.2) is 0 Å². The van der Waals surface area contributed by atoms with Crippen LogP contribution < -0.4 is 9.47 Å². The second kappa shape index (κ2) is 11.8. The van der Waals surface area contributed by atoms with Gasteiger partial charge in [-0.2, -0.15) is 0 Å². The summed E-state index contributed by atoms with van der Waals surface area (Å²) in [5, 5.41) is 1.44. The highest BCUT2D eigenvalue weighted by molar-refractivity contribution is 8.18. The number of hydrogen-bond donors (Lipinski definition) is 0. The number of rotatable bonds is 8. The third-order valence-corrected chi connectivity index (χ3v) is 7.42. The van der Waals surface area contributed by atoms with Crippen LogP contribution in [-0.4, -0.2) is 22.7 Å². The maximum Gasteiger partial charge on any atom is 0.293 e. The van der Waals surface area contributed by atoms with E-state index in [1.807, 2.05) is 6.92 Å². The van der Waals surface area contributed by atoms with Gasteiger partial charge in [0.25, 0.3) is 11.1 Å². The van der Waals surface area contributed by atoms with Crippen LogP contribution in [0.25, 0.3) is 6.08 Å². The number of amides is 2. The van der Waals surface area contributed by atoms with Crippen LogP contribution in [0.1, 0.15) is 23.6 Å². The van der Waals surface area contributed by atoms with E-state index in [-0.39, 0.29) is 18.1 Å². The van der Waals surface area contributed by atoms with Crippen molar-refractivity contribution < 1.29 is 19.1 Å². The van der Waals surface area contributed by atoms with Crippen LogP contribution in [0.5, 0.6) is 11.5 Å². The van der Waals surface area contributed by atoms with Gasteiger partial charge in [-0.3, -0.25) is 14.5 Å². The summed E-state index contributed by atoms with van der Waals surface area (Å²) in [6.07, 6.45) is 1.64. The number of halogens is 4. The summed E-state index contributed by atoms with van der Waals surface area (Å²) in [5.74, 6) is 0.594. The van der Waals surface area contributed by atoms with Gasteiger partial charge in [0.05, 0.1) is 18.1 Å². The minimum Gasteiger partial charge on any atom is -0.490 e. The largest absolute Gasteiger partial charge is 0.490 e. The number of imide groups is 1. The molecule has 3 aromatic carbocycles. The van der Waals surface area contributed by atoms with E-state index in [1.54, 1.807) is 60.7 Å². The molecule has 0 bridgehead atoms. The van der Waals surface area contributed by atoms with Crippen molar-refractivity contribution in [2.24, 2.45) is 0 Å². The molecule has 4 rings (SSSR count). The Morgan fingerprint density at radius 2 is 1.64 bits per heavy atom.